The molecule has 0 N–H and O–H groups in total. The molecule has 0 spiro atoms. The molecule has 2 aromatic heterocycles. The van der Waals surface area contributed by atoms with Crippen molar-refractivity contribution in [3.8, 4) is 6.07 Å². The van der Waals surface area contributed by atoms with E-state index in [2.05, 4.69) is 26.2 Å². The first kappa shape index (κ1) is 14.5. The average molecular weight is 298 g/mol. The lowest BCUT2D eigenvalue weighted by atomic mass is 10.2. The van der Waals surface area contributed by atoms with E-state index >= 15 is 0 Å². The van der Waals surface area contributed by atoms with E-state index in [4.69, 9.17) is 10.00 Å². The Bertz CT molecular complexity index is 704. The van der Waals surface area contributed by atoms with Crippen LogP contribution in [0.15, 0.2) is 18.5 Å². The second-order valence-corrected chi connectivity index (χ2v) is 5.23. The van der Waals surface area contributed by atoms with Crippen LogP contribution in [0.3, 0.4) is 0 Å². The Morgan fingerprint density at radius 1 is 1.45 bits per heavy atom. The predicted molar refractivity (Wildman–Crippen MR) is 80.3 cm³/mol. The van der Waals surface area contributed by atoms with Crippen molar-refractivity contribution in [3.05, 3.63) is 35.5 Å². The van der Waals surface area contributed by atoms with Crippen LogP contribution in [0, 0.1) is 18.3 Å². The van der Waals surface area contributed by atoms with E-state index in [1.54, 1.807) is 6.33 Å². The zero-order valence-corrected chi connectivity index (χ0v) is 12.7. The van der Waals surface area contributed by atoms with E-state index < -0.39 is 0 Å². The molecule has 3 rings (SSSR count). The number of hydrogen-bond acceptors (Lipinski definition) is 6. The molecule has 1 atom stereocenters. The summed E-state index contributed by atoms with van der Waals surface area (Å²) in [4.78, 5) is 6.57. The summed E-state index contributed by atoms with van der Waals surface area (Å²) in [6.45, 7) is 6.74. The number of aryl methyl sites for hydroxylation is 2. The Balaban J connectivity index is 1.83. The van der Waals surface area contributed by atoms with Gasteiger partial charge in [0.05, 0.1) is 13.2 Å². The molecule has 114 valence electrons. The highest BCUT2D eigenvalue weighted by molar-refractivity contribution is 5.45. The molecule has 0 aliphatic carbocycles. The molecule has 0 bridgehead atoms. The molecule has 1 fully saturated rings. The van der Waals surface area contributed by atoms with E-state index in [-0.39, 0.29) is 6.10 Å². The maximum atomic E-state index is 9.13. The van der Waals surface area contributed by atoms with E-state index in [9.17, 15) is 0 Å². The minimum absolute atomic E-state index is 0.134. The summed E-state index contributed by atoms with van der Waals surface area (Å²) in [5.74, 6) is 1.64. The largest absolute Gasteiger partial charge is 0.366 e. The van der Waals surface area contributed by atoms with Gasteiger partial charge in [-0.1, -0.05) is 6.07 Å². The summed E-state index contributed by atoms with van der Waals surface area (Å²) in [5, 5.41) is 17.3. The molecular weight excluding hydrogens is 280 g/mol. The van der Waals surface area contributed by atoms with Gasteiger partial charge in [-0.05, 0) is 25.5 Å². The van der Waals surface area contributed by atoms with Crippen molar-refractivity contribution in [3.63, 3.8) is 0 Å². The lowest BCUT2D eigenvalue weighted by Gasteiger charge is -2.33. The lowest BCUT2D eigenvalue weighted by molar-refractivity contribution is 0.0313. The van der Waals surface area contributed by atoms with E-state index in [1.165, 1.54) is 0 Å². The highest BCUT2D eigenvalue weighted by Crippen LogP contribution is 2.24. The maximum absolute atomic E-state index is 9.13. The first-order chi connectivity index (χ1) is 10.7. The van der Waals surface area contributed by atoms with Crippen LogP contribution >= 0.6 is 0 Å². The molecular formula is C15H18N6O. The SMILES string of the molecule is CCn1cnnc1C1CN(c2ccc(C)c(C#N)n2)CCO1. The topological polar surface area (TPSA) is 79.9 Å². The van der Waals surface area contributed by atoms with Crippen molar-refractivity contribution in [2.24, 2.45) is 0 Å². The molecule has 1 aliphatic rings. The van der Waals surface area contributed by atoms with Crippen LogP contribution in [-0.4, -0.2) is 39.4 Å². The molecule has 0 saturated carbocycles. The standard InChI is InChI=1S/C15H18N6O/c1-3-20-10-17-19-15(20)13-9-21(6-7-22-13)14-5-4-11(2)12(8-16)18-14/h4-5,10,13H,3,6-7,9H2,1-2H3. The summed E-state index contributed by atoms with van der Waals surface area (Å²) in [6, 6.07) is 6.01. The Morgan fingerprint density at radius 3 is 3.09 bits per heavy atom. The third-order valence-electron chi connectivity index (χ3n) is 3.85. The summed E-state index contributed by atoms with van der Waals surface area (Å²) < 4.78 is 7.82. The number of aromatic nitrogens is 4. The molecule has 0 radical (unpaired) electrons. The Labute approximate surface area is 129 Å². The van der Waals surface area contributed by atoms with Crippen LogP contribution in [-0.2, 0) is 11.3 Å². The number of morpholine rings is 1. The third-order valence-corrected chi connectivity index (χ3v) is 3.85. The van der Waals surface area contributed by atoms with Crippen LogP contribution in [0.4, 0.5) is 5.82 Å². The van der Waals surface area contributed by atoms with Gasteiger partial charge in [0.1, 0.15) is 30.0 Å². The van der Waals surface area contributed by atoms with Crippen molar-refractivity contribution in [2.45, 2.75) is 26.5 Å². The van der Waals surface area contributed by atoms with E-state index in [0.717, 1.165) is 30.3 Å². The molecule has 1 unspecified atom stereocenters. The van der Waals surface area contributed by atoms with Gasteiger partial charge in [0.25, 0.3) is 0 Å². The van der Waals surface area contributed by atoms with Gasteiger partial charge in [0.2, 0.25) is 0 Å². The average Bonchev–Trinajstić information content (AvgIpc) is 3.04. The van der Waals surface area contributed by atoms with E-state index in [1.807, 2.05) is 30.5 Å². The number of anilines is 1. The molecule has 1 saturated heterocycles. The fraction of sp³-hybridized carbons (Fsp3) is 0.467. The number of pyridine rings is 1. The zero-order valence-electron chi connectivity index (χ0n) is 12.7. The molecule has 3 heterocycles. The van der Waals surface area contributed by atoms with Crippen molar-refractivity contribution in [1.82, 2.24) is 19.7 Å². The highest BCUT2D eigenvalue weighted by Gasteiger charge is 2.26. The van der Waals surface area contributed by atoms with Gasteiger partial charge >= 0.3 is 0 Å². The minimum Gasteiger partial charge on any atom is -0.366 e. The molecule has 0 amide bonds. The molecule has 0 aromatic carbocycles. The molecule has 2 aromatic rings. The number of rotatable bonds is 3. The van der Waals surface area contributed by atoms with Crippen LogP contribution in [0.1, 0.15) is 30.1 Å². The smallest absolute Gasteiger partial charge is 0.163 e. The molecule has 7 heteroatoms. The van der Waals surface area contributed by atoms with Gasteiger partial charge < -0.3 is 14.2 Å². The first-order valence-corrected chi connectivity index (χ1v) is 7.35. The van der Waals surface area contributed by atoms with Crippen molar-refractivity contribution < 1.29 is 4.74 Å². The van der Waals surface area contributed by atoms with Crippen LogP contribution < -0.4 is 4.90 Å². The molecule has 7 nitrogen and oxygen atoms in total. The minimum atomic E-state index is -0.134. The van der Waals surface area contributed by atoms with Crippen LogP contribution in [0.5, 0.6) is 0 Å². The quantitative estimate of drug-likeness (QED) is 0.853. The maximum Gasteiger partial charge on any atom is 0.163 e. The van der Waals surface area contributed by atoms with Gasteiger partial charge in [-0.25, -0.2) is 4.98 Å². The predicted octanol–water partition coefficient (Wildman–Crippen LogP) is 1.45. The van der Waals surface area contributed by atoms with Gasteiger partial charge in [-0.15, -0.1) is 10.2 Å². The lowest BCUT2D eigenvalue weighted by Crippen LogP contribution is -2.39. The van der Waals surface area contributed by atoms with Gasteiger partial charge in [0, 0.05) is 13.1 Å². The number of hydrogen-bond donors (Lipinski definition) is 0. The second-order valence-electron chi connectivity index (χ2n) is 5.23. The van der Waals surface area contributed by atoms with Crippen LogP contribution in [0.2, 0.25) is 0 Å². The third kappa shape index (κ3) is 2.65. The summed E-state index contributed by atoms with van der Waals surface area (Å²) >= 11 is 0. The van der Waals surface area contributed by atoms with Gasteiger partial charge in [-0.2, -0.15) is 5.26 Å². The zero-order chi connectivity index (χ0) is 15.5. The van der Waals surface area contributed by atoms with Crippen molar-refractivity contribution in [1.29, 1.82) is 5.26 Å². The fourth-order valence-electron chi connectivity index (χ4n) is 2.58. The Morgan fingerprint density at radius 2 is 2.32 bits per heavy atom. The molecule has 1 aliphatic heterocycles. The number of ether oxygens (including phenoxy) is 1. The summed E-state index contributed by atoms with van der Waals surface area (Å²) in [6.07, 6.45) is 1.58. The first-order valence-electron chi connectivity index (χ1n) is 7.35. The summed E-state index contributed by atoms with van der Waals surface area (Å²) in [7, 11) is 0. The Kier molecular flexibility index (Phi) is 4.02. The van der Waals surface area contributed by atoms with Crippen molar-refractivity contribution in [2.75, 3.05) is 24.6 Å². The van der Waals surface area contributed by atoms with Crippen molar-refractivity contribution >= 4 is 5.82 Å². The normalized spacial score (nSPS) is 18.2. The number of nitrogens with zero attached hydrogens (tertiary/aromatic N) is 6. The fourth-order valence-corrected chi connectivity index (χ4v) is 2.58. The van der Waals surface area contributed by atoms with Gasteiger partial charge in [-0.3, -0.25) is 0 Å². The molecule has 22 heavy (non-hydrogen) atoms. The van der Waals surface area contributed by atoms with E-state index in [0.29, 0.717) is 18.8 Å². The second kappa shape index (κ2) is 6.12. The number of nitriles is 1. The highest BCUT2D eigenvalue weighted by atomic mass is 16.5. The monoisotopic (exact) mass is 298 g/mol. The summed E-state index contributed by atoms with van der Waals surface area (Å²) in [5.41, 5.74) is 1.36. The van der Waals surface area contributed by atoms with Gasteiger partial charge in [0.15, 0.2) is 5.82 Å². The van der Waals surface area contributed by atoms with Crippen LogP contribution in [0.25, 0.3) is 0 Å². The Hall–Kier alpha value is -2.46.